The van der Waals surface area contributed by atoms with Gasteiger partial charge in [0.2, 0.25) is 0 Å². The maximum atomic E-state index is 2.28. The van der Waals surface area contributed by atoms with E-state index in [2.05, 4.69) is 48.6 Å². The van der Waals surface area contributed by atoms with Crippen molar-refractivity contribution in [1.29, 1.82) is 0 Å². The van der Waals surface area contributed by atoms with E-state index in [-0.39, 0.29) is 0 Å². The molecule has 2 aromatic rings. The Hall–Kier alpha value is -1.56. The van der Waals surface area contributed by atoms with Crippen LogP contribution in [0, 0.1) is 0 Å². The van der Waals surface area contributed by atoms with Gasteiger partial charge in [-0.3, -0.25) is 0 Å². The highest BCUT2D eigenvalue weighted by Crippen LogP contribution is 2.08. The molecule has 0 aromatic heterocycles. The summed E-state index contributed by atoms with van der Waals surface area (Å²) in [5.74, 6) is 0. The Morgan fingerprint density at radius 2 is 1.31 bits per heavy atom. The fourth-order valence-corrected chi connectivity index (χ4v) is 1.94. The van der Waals surface area contributed by atoms with Crippen molar-refractivity contribution in [3.8, 4) is 0 Å². The van der Waals surface area contributed by atoms with E-state index >= 15 is 0 Å². The quantitative estimate of drug-likeness (QED) is 0.560. The van der Waals surface area contributed by atoms with Crippen LogP contribution in [-0.4, -0.2) is 0 Å². The molecule has 0 unspecified atom stereocenters. The first-order chi connectivity index (χ1) is 6.43. The van der Waals surface area contributed by atoms with Gasteiger partial charge in [0.25, 0.3) is 0 Å². The van der Waals surface area contributed by atoms with Crippen molar-refractivity contribution in [2.75, 3.05) is 0 Å². The zero-order chi connectivity index (χ0) is 8.67. The molecular weight excluding hydrogens is 156 g/mol. The minimum absolute atomic E-state index is 1.09. The van der Waals surface area contributed by atoms with E-state index in [1.54, 1.807) is 0 Å². The van der Waals surface area contributed by atoms with Crippen LogP contribution in [0.25, 0.3) is 22.9 Å². The maximum Gasteiger partial charge on any atom is -0.0151 e. The summed E-state index contributed by atoms with van der Waals surface area (Å²) >= 11 is 0. The van der Waals surface area contributed by atoms with Crippen LogP contribution in [0.4, 0.5) is 0 Å². The topological polar surface area (TPSA) is 0 Å². The zero-order valence-electron chi connectivity index (χ0n) is 7.33. The summed E-state index contributed by atoms with van der Waals surface area (Å²) in [7, 11) is 0. The second kappa shape index (κ2) is 2.46. The lowest BCUT2D eigenvalue weighted by Gasteiger charge is -1.95. The van der Waals surface area contributed by atoms with E-state index in [1.165, 1.54) is 21.2 Å². The fourth-order valence-electron chi connectivity index (χ4n) is 1.94. The highest BCUT2D eigenvalue weighted by molar-refractivity contribution is 5.83. The Balaban J connectivity index is 2.58. The lowest BCUT2D eigenvalue weighted by molar-refractivity contribution is 1.60. The normalized spacial score (nSPS) is 13.5. The molecule has 2 aromatic carbocycles. The third-order valence-corrected chi connectivity index (χ3v) is 2.63. The number of benzene rings is 2. The van der Waals surface area contributed by atoms with Gasteiger partial charge in [0.05, 0.1) is 0 Å². The minimum Gasteiger partial charge on any atom is -0.0728 e. The molecule has 13 heavy (non-hydrogen) atoms. The Morgan fingerprint density at radius 1 is 0.769 bits per heavy atom. The summed E-state index contributed by atoms with van der Waals surface area (Å²) in [4.78, 5) is 0. The first-order valence-electron chi connectivity index (χ1n) is 4.63. The van der Waals surface area contributed by atoms with Crippen molar-refractivity contribution < 1.29 is 0 Å². The maximum absolute atomic E-state index is 2.28. The van der Waals surface area contributed by atoms with Crippen LogP contribution in [0.1, 0.15) is 6.42 Å². The number of fused-ring (bicyclic) bond motifs is 2. The molecule has 0 heteroatoms. The largest absolute Gasteiger partial charge is 0.0728 e. The zero-order valence-corrected chi connectivity index (χ0v) is 7.33. The van der Waals surface area contributed by atoms with Crippen LogP contribution in [0.5, 0.6) is 0 Å². The molecule has 0 heterocycles. The summed E-state index contributed by atoms with van der Waals surface area (Å²) < 4.78 is 0. The van der Waals surface area contributed by atoms with Gasteiger partial charge in [0, 0.05) is 0 Å². The molecule has 0 nitrogen and oxygen atoms in total. The van der Waals surface area contributed by atoms with Crippen LogP contribution in [0.15, 0.2) is 36.4 Å². The summed E-state index contributed by atoms with van der Waals surface area (Å²) in [6, 6.07) is 13.1. The molecule has 0 saturated carbocycles. The van der Waals surface area contributed by atoms with Gasteiger partial charge in [0.15, 0.2) is 0 Å². The average Bonchev–Trinajstić information content (AvgIpc) is 2.61. The fraction of sp³-hybridized carbons (Fsp3) is 0.0769. The SMILES string of the molecule is C1=c2cc3ccccc3cc2=CC1. The second-order valence-electron chi connectivity index (χ2n) is 3.47. The molecular formula is C13H10. The van der Waals surface area contributed by atoms with E-state index in [1.807, 2.05) is 0 Å². The van der Waals surface area contributed by atoms with Crippen molar-refractivity contribution in [2.45, 2.75) is 6.42 Å². The molecule has 1 aliphatic rings. The number of hydrogen-bond donors (Lipinski definition) is 0. The standard InChI is InChI=1S/C13H10/c1-2-5-11-9-13-7-3-6-12(13)8-10(11)4-1/h1-2,4-9H,3H2. The predicted octanol–water partition coefficient (Wildman–Crippen LogP) is 1.80. The number of hydrogen-bond acceptors (Lipinski definition) is 0. The molecule has 0 saturated heterocycles. The third-order valence-electron chi connectivity index (χ3n) is 2.63. The monoisotopic (exact) mass is 166 g/mol. The lowest BCUT2D eigenvalue weighted by Crippen LogP contribution is -2.20. The van der Waals surface area contributed by atoms with Crippen LogP contribution < -0.4 is 10.4 Å². The highest BCUT2D eigenvalue weighted by atomic mass is 14.0. The molecule has 62 valence electrons. The van der Waals surface area contributed by atoms with Crippen molar-refractivity contribution in [3.63, 3.8) is 0 Å². The van der Waals surface area contributed by atoms with E-state index in [0.29, 0.717) is 0 Å². The first-order valence-corrected chi connectivity index (χ1v) is 4.63. The minimum atomic E-state index is 1.09. The van der Waals surface area contributed by atoms with Gasteiger partial charge < -0.3 is 0 Å². The Morgan fingerprint density at radius 3 is 1.85 bits per heavy atom. The molecule has 0 aliphatic heterocycles. The summed E-state index contributed by atoms with van der Waals surface area (Å²) in [5.41, 5.74) is 0. The Bertz CT molecular complexity index is 524. The van der Waals surface area contributed by atoms with Crippen LogP contribution in [-0.2, 0) is 0 Å². The molecule has 0 spiro atoms. The Labute approximate surface area is 76.8 Å². The van der Waals surface area contributed by atoms with Gasteiger partial charge in [-0.15, -0.1) is 0 Å². The first kappa shape index (κ1) is 6.90. The van der Waals surface area contributed by atoms with Gasteiger partial charge in [-0.1, -0.05) is 36.4 Å². The second-order valence-corrected chi connectivity index (χ2v) is 3.47. The van der Waals surface area contributed by atoms with Crippen molar-refractivity contribution in [3.05, 3.63) is 46.8 Å². The number of rotatable bonds is 0. The lowest BCUT2D eigenvalue weighted by atomic mass is 10.1. The van der Waals surface area contributed by atoms with Crippen molar-refractivity contribution in [1.82, 2.24) is 0 Å². The molecule has 0 fully saturated rings. The van der Waals surface area contributed by atoms with Gasteiger partial charge in [-0.25, -0.2) is 0 Å². The van der Waals surface area contributed by atoms with Crippen LogP contribution >= 0.6 is 0 Å². The molecule has 0 atom stereocenters. The van der Waals surface area contributed by atoms with Gasteiger partial charge >= 0.3 is 0 Å². The summed E-state index contributed by atoms with van der Waals surface area (Å²) in [6.07, 6.45) is 5.65. The molecule has 0 bridgehead atoms. The smallest absolute Gasteiger partial charge is 0.0151 e. The molecule has 0 N–H and O–H groups in total. The average molecular weight is 166 g/mol. The Kier molecular flexibility index (Phi) is 1.31. The summed E-state index contributed by atoms with van der Waals surface area (Å²) in [5, 5.41) is 5.46. The predicted molar refractivity (Wildman–Crippen MR) is 56.7 cm³/mol. The van der Waals surface area contributed by atoms with Crippen LogP contribution in [0.2, 0.25) is 0 Å². The van der Waals surface area contributed by atoms with Gasteiger partial charge in [0.1, 0.15) is 0 Å². The summed E-state index contributed by atoms with van der Waals surface area (Å²) in [6.45, 7) is 0. The molecule has 0 amide bonds. The van der Waals surface area contributed by atoms with Gasteiger partial charge in [-0.05, 0) is 39.8 Å². The molecule has 0 radical (unpaired) electrons. The highest BCUT2D eigenvalue weighted by Gasteiger charge is 1.96. The molecule has 3 rings (SSSR count). The van der Waals surface area contributed by atoms with E-state index in [0.717, 1.165) is 6.42 Å². The molecule has 1 aliphatic carbocycles. The van der Waals surface area contributed by atoms with Gasteiger partial charge in [-0.2, -0.15) is 0 Å². The van der Waals surface area contributed by atoms with E-state index in [4.69, 9.17) is 0 Å². The third kappa shape index (κ3) is 0.988. The van der Waals surface area contributed by atoms with E-state index < -0.39 is 0 Å². The van der Waals surface area contributed by atoms with Crippen molar-refractivity contribution >= 4 is 22.9 Å². The van der Waals surface area contributed by atoms with E-state index in [9.17, 15) is 0 Å². The van der Waals surface area contributed by atoms with Crippen LogP contribution in [0.3, 0.4) is 0 Å². The van der Waals surface area contributed by atoms with Crippen molar-refractivity contribution in [2.24, 2.45) is 0 Å².